The monoisotopic (exact) mass is 445 g/mol. The molecule has 2 aromatic heterocycles. The van der Waals surface area contributed by atoms with Crippen molar-refractivity contribution in [1.29, 1.82) is 0 Å². The number of thioether (sulfide) groups is 1. The molecule has 0 spiro atoms. The van der Waals surface area contributed by atoms with E-state index in [0.717, 1.165) is 80.4 Å². The molecule has 0 radical (unpaired) electrons. The first-order valence-electron chi connectivity index (χ1n) is 11.1. The van der Waals surface area contributed by atoms with Gasteiger partial charge in [-0.05, 0) is 62.5 Å². The third-order valence-corrected chi connectivity index (χ3v) is 7.90. The zero-order valence-corrected chi connectivity index (χ0v) is 19.3. The van der Waals surface area contributed by atoms with Crippen LogP contribution in [0, 0.1) is 6.92 Å². The molecule has 2 saturated heterocycles. The summed E-state index contributed by atoms with van der Waals surface area (Å²) in [6, 6.07) is 4.23. The number of hydrogen-bond donors (Lipinski definition) is 0. The number of thiophene rings is 1. The molecule has 4 heterocycles. The summed E-state index contributed by atoms with van der Waals surface area (Å²) in [5.74, 6) is 1.52. The van der Waals surface area contributed by atoms with E-state index in [1.807, 2.05) is 6.20 Å². The van der Waals surface area contributed by atoms with Gasteiger partial charge in [0, 0.05) is 48.9 Å². The maximum atomic E-state index is 12.8. The van der Waals surface area contributed by atoms with E-state index in [0.29, 0.717) is 18.4 Å². The van der Waals surface area contributed by atoms with Gasteiger partial charge in [0.2, 0.25) is 5.91 Å². The van der Waals surface area contributed by atoms with Crippen molar-refractivity contribution in [2.24, 2.45) is 0 Å². The quantitative estimate of drug-likeness (QED) is 0.430. The number of ether oxygens (including phenoxy) is 1. The van der Waals surface area contributed by atoms with Crippen LogP contribution in [-0.2, 0) is 16.0 Å². The van der Waals surface area contributed by atoms with E-state index in [4.69, 9.17) is 9.72 Å². The molecule has 0 N–H and O–H groups in total. The summed E-state index contributed by atoms with van der Waals surface area (Å²) in [5, 5.41) is 2.94. The Hall–Kier alpha value is -1.44. The van der Waals surface area contributed by atoms with Crippen molar-refractivity contribution in [1.82, 2.24) is 14.9 Å². The fourth-order valence-electron chi connectivity index (χ4n) is 4.32. The normalized spacial score (nSPS) is 21.8. The highest BCUT2D eigenvalue weighted by atomic mass is 32.2. The van der Waals surface area contributed by atoms with Crippen LogP contribution in [0.15, 0.2) is 28.9 Å². The highest BCUT2D eigenvalue weighted by Crippen LogP contribution is 2.30. The van der Waals surface area contributed by atoms with E-state index in [1.54, 1.807) is 23.1 Å². The second-order valence-corrected chi connectivity index (χ2v) is 10.3. The molecule has 2 fully saturated rings. The second kappa shape index (κ2) is 10.7. The molecule has 0 bridgehead atoms. The van der Waals surface area contributed by atoms with Gasteiger partial charge < -0.3 is 9.64 Å². The summed E-state index contributed by atoms with van der Waals surface area (Å²) in [7, 11) is 0. The molecule has 2 aromatic rings. The molecule has 30 heavy (non-hydrogen) atoms. The zero-order valence-electron chi connectivity index (χ0n) is 17.7. The molecule has 1 amide bonds. The number of carbonyl (C=O) groups is 1. The van der Waals surface area contributed by atoms with E-state index >= 15 is 0 Å². The molecule has 2 aliphatic rings. The Morgan fingerprint density at radius 2 is 2.30 bits per heavy atom. The van der Waals surface area contributed by atoms with Crippen molar-refractivity contribution in [3.63, 3.8) is 0 Å². The van der Waals surface area contributed by atoms with Crippen LogP contribution in [0.4, 0.5) is 0 Å². The third kappa shape index (κ3) is 5.83. The van der Waals surface area contributed by atoms with Gasteiger partial charge in [0.1, 0.15) is 0 Å². The number of nitrogens with zero attached hydrogens (tertiary/aromatic N) is 3. The lowest BCUT2D eigenvalue weighted by Crippen LogP contribution is -2.39. The Labute approximate surface area is 187 Å². The van der Waals surface area contributed by atoms with Crippen LogP contribution in [0.2, 0.25) is 0 Å². The molecular weight excluding hydrogens is 414 g/mol. The smallest absolute Gasteiger partial charge is 0.222 e. The van der Waals surface area contributed by atoms with Crippen molar-refractivity contribution < 1.29 is 9.53 Å². The summed E-state index contributed by atoms with van der Waals surface area (Å²) in [5.41, 5.74) is 2.25. The van der Waals surface area contributed by atoms with E-state index in [2.05, 4.69) is 34.3 Å². The minimum atomic E-state index is 0.288. The molecule has 2 aliphatic heterocycles. The van der Waals surface area contributed by atoms with Crippen molar-refractivity contribution >= 4 is 29.0 Å². The van der Waals surface area contributed by atoms with Gasteiger partial charge in [-0.3, -0.25) is 4.79 Å². The van der Waals surface area contributed by atoms with Gasteiger partial charge >= 0.3 is 0 Å². The molecule has 2 atom stereocenters. The van der Waals surface area contributed by atoms with Crippen molar-refractivity contribution in [2.75, 3.05) is 25.4 Å². The van der Waals surface area contributed by atoms with Gasteiger partial charge in [0.05, 0.1) is 11.8 Å². The van der Waals surface area contributed by atoms with Gasteiger partial charge in [0.25, 0.3) is 0 Å². The average Bonchev–Trinajstić information content (AvgIpc) is 3.47. The van der Waals surface area contributed by atoms with Crippen molar-refractivity contribution in [3.05, 3.63) is 39.8 Å². The molecule has 0 saturated carbocycles. The summed E-state index contributed by atoms with van der Waals surface area (Å²) < 4.78 is 5.72. The number of amides is 1. The van der Waals surface area contributed by atoms with Gasteiger partial charge in [-0.2, -0.15) is 0 Å². The minimum Gasteiger partial charge on any atom is -0.377 e. The van der Waals surface area contributed by atoms with Gasteiger partial charge in [0.15, 0.2) is 5.16 Å². The Kier molecular flexibility index (Phi) is 7.79. The topological polar surface area (TPSA) is 55.3 Å². The van der Waals surface area contributed by atoms with Crippen LogP contribution in [0.25, 0.3) is 0 Å². The minimum absolute atomic E-state index is 0.288. The number of carbonyl (C=O) groups excluding carboxylic acids is 1. The summed E-state index contributed by atoms with van der Waals surface area (Å²) in [6.45, 7) is 4.63. The van der Waals surface area contributed by atoms with Gasteiger partial charge in [-0.25, -0.2) is 9.97 Å². The van der Waals surface area contributed by atoms with E-state index in [-0.39, 0.29) is 5.91 Å². The molecule has 162 valence electrons. The van der Waals surface area contributed by atoms with Crippen LogP contribution in [0.3, 0.4) is 0 Å². The molecule has 0 aromatic carbocycles. The third-order valence-electron chi connectivity index (χ3n) is 5.97. The molecule has 0 aliphatic carbocycles. The maximum absolute atomic E-state index is 12.8. The van der Waals surface area contributed by atoms with Crippen LogP contribution in [0.1, 0.15) is 60.6 Å². The molecular formula is C23H31N3O2S2. The maximum Gasteiger partial charge on any atom is 0.222 e. The first-order valence-corrected chi connectivity index (χ1v) is 12.9. The SMILES string of the molecule is Cc1cnc(SC[C@H]2CCCO2)nc1[C@H]1CCCN(C(=O)CCCc2cccs2)C1. The summed E-state index contributed by atoms with van der Waals surface area (Å²) >= 11 is 3.47. The average molecular weight is 446 g/mol. The Bertz CT molecular complexity index is 822. The van der Waals surface area contributed by atoms with Gasteiger partial charge in [-0.15, -0.1) is 11.3 Å². The van der Waals surface area contributed by atoms with Gasteiger partial charge in [-0.1, -0.05) is 17.8 Å². The fraction of sp³-hybridized carbons (Fsp3) is 0.609. The number of rotatable bonds is 8. The van der Waals surface area contributed by atoms with Crippen LogP contribution in [0.5, 0.6) is 0 Å². The summed E-state index contributed by atoms with van der Waals surface area (Å²) in [6.07, 6.45) is 9.27. The number of likely N-dealkylation sites (tertiary alicyclic amines) is 1. The number of aromatic nitrogens is 2. The van der Waals surface area contributed by atoms with Crippen LogP contribution in [-0.4, -0.2) is 52.3 Å². The lowest BCUT2D eigenvalue weighted by molar-refractivity contribution is -0.132. The second-order valence-electron chi connectivity index (χ2n) is 8.28. The fourth-order valence-corrected chi connectivity index (χ4v) is 5.96. The number of piperidine rings is 1. The van der Waals surface area contributed by atoms with Crippen molar-refractivity contribution in [2.45, 2.75) is 69.0 Å². The Morgan fingerprint density at radius 1 is 1.37 bits per heavy atom. The summed E-state index contributed by atoms with van der Waals surface area (Å²) in [4.78, 5) is 25.6. The van der Waals surface area contributed by atoms with E-state index in [9.17, 15) is 4.79 Å². The number of hydrogen-bond acceptors (Lipinski definition) is 6. The van der Waals surface area contributed by atoms with Crippen LogP contribution < -0.4 is 0 Å². The largest absolute Gasteiger partial charge is 0.377 e. The molecule has 4 rings (SSSR count). The molecule has 0 unspecified atom stereocenters. The zero-order chi connectivity index (χ0) is 20.8. The Balaban J connectivity index is 1.32. The van der Waals surface area contributed by atoms with Crippen molar-refractivity contribution in [3.8, 4) is 0 Å². The molecule has 5 nitrogen and oxygen atoms in total. The predicted molar refractivity (Wildman–Crippen MR) is 122 cm³/mol. The first kappa shape index (κ1) is 21.8. The first-order chi connectivity index (χ1) is 14.7. The predicted octanol–water partition coefficient (Wildman–Crippen LogP) is 4.85. The lowest BCUT2D eigenvalue weighted by atomic mass is 9.92. The van der Waals surface area contributed by atoms with E-state index < -0.39 is 0 Å². The van der Waals surface area contributed by atoms with E-state index in [1.165, 1.54) is 4.88 Å². The highest BCUT2D eigenvalue weighted by Gasteiger charge is 2.27. The highest BCUT2D eigenvalue weighted by molar-refractivity contribution is 7.99. The Morgan fingerprint density at radius 3 is 3.10 bits per heavy atom. The molecule has 7 heteroatoms. The van der Waals surface area contributed by atoms with Crippen LogP contribution >= 0.6 is 23.1 Å². The standard InChI is InChI=1S/C23H31N3O2S2/c1-17-14-24-23(30-16-19-7-4-12-28-19)25-22(17)18-6-3-11-26(15-18)21(27)10-2-8-20-9-5-13-29-20/h5,9,13-14,18-19H,2-4,6-8,10-12,15-16H2,1H3/t18-,19+/m0/s1. The lowest BCUT2D eigenvalue weighted by Gasteiger charge is -2.33. The number of aryl methyl sites for hydroxylation is 2.